The first-order valence-corrected chi connectivity index (χ1v) is 7.04. The zero-order chi connectivity index (χ0) is 13.7. The van der Waals surface area contributed by atoms with Crippen molar-refractivity contribution in [2.45, 2.75) is 39.3 Å². The Morgan fingerprint density at radius 2 is 2.05 bits per heavy atom. The van der Waals surface area contributed by atoms with Gasteiger partial charge in [-0.3, -0.25) is 4.68 Å². The van der Waals surface area contributed by atoms with Crippen molar-refractivity contribution >= 4 is 0 Å². The molecule has 0 amide bonds. The SMILES string of the molecule is CCc1ccccc1C(Cc1cnn(CC)c1)NC. The van der Waals surface area contributed by atoms with Gasteiger partial charge in [-0.15, -0.1) is 0 Å². The molecule has 102 valence electrons. The van der Waals surface area contributed by atoms with Crippen LogP contribution >= 0.6 is 0 Å². The minimum atomic E-state index is 0.352. The summed E-state index contributed by atoms with van der Waals surface area (Å²) in [6, 6.07) is 9.03. The largest absolute Gasteiger partial charge is 0.313 e. The number of hydrogen-bond acceptors (Lipinski definition) is 2. The summed E-state index contributed by atoms with van der Waals surface area (Å²) in [6.45, 7) is 5.25. The maximum absolute atomic E-state index is 4.35. The van der Waals surface area contributed by atoms with Gasteiger partial charge in [0.05, 0.1) is 6.20 Å². The number of nitrogens with zero attached hydrogens (tertiary/aromatic N) is 2. The highest BCUT2D eigenvalue weighted by molar-refractivity contribution is 5.31. The van der Waals surface area contributed by atoms with E-state index in [0.717, 1.165) is 19.4 Å². The molecule has 3 nitrogen and oxygen atoms in total. The zero-order valence-corrected chi connectivity index (χ0v) is 12.1. The quantitative estimate of drug-likeness (QED) is 0.862. The average molecular weight is 257 g/mol. The molecule has 0 spiro atoms. The third-order valence-corrected chi connectivity index (χ3v) is 3.61. The van der Waals surface area contributed by atoms with Crippen molar-refractivity contribution in [3.05, 3.63) is 53.3 Å². The van der Waals surface area contributed by atoms with Crippen molar-refractivity contribution in [1.29, 1.82) is 0 Å². The Balaban J connectivity index is 2.19. The highest BCUT2D eigenvalue weighted by atomic mass is 15.3. The Kier molecular flexibility index (Phi) is 4.74. The first kappa shape index (κ1) is 13.8. The number of rotatable bonds is 6. The molecule has 0 fully saturated rings. The van der Waals surface area contributed by atoms with E-state index in [2.05, 4.69) is 54.7 Å². The minimum absolute atomic E-state index is 0.352. The molecular formula is C16H23N3. The number of aromatic nitrogens is 2. The average Bonchev–Trinajstić information content (AvgIpc) is 2.92. The molecule has 2 aromatic rings. The van der Waals surface area contributed by atoms with Crippen LogP contribution in [0.25, 0.3) is 0 Å². The van der Waals surface area contributed by atoms with Gasteiger partial charge in [0, 0.05) is 18.8 Å². The topological polar surface area (TPSA) is 29.9 Å². The molecule has 0 aliphatic carbocycles. The number of hydrogen-bond donors (Lipinski definition) is 1. The fourth-order valence-corrected chi connectivity index (χ4v) is 2.48. The summed E-state index contributed by atoms with van der Waals surface area (Å²) < 4.78 is 1.98. The molecule has 19 heavy (non-hydrogen) atoms. The summed E-state index contributed by atoms with van der Waals surface area (Å²) in [5.74, 6) is 0. The van der Waals surface area contributed by atoms with Crippen molar-refractivity contribution < 1.29 is 0 Å². The van der Waals surface area contributed by atoms with E-state index in [4.69, 9.17) is 0 Å². The Morgan fingerprint density at radius 1 is 1.26 bits per heavy atom. The molecule has 0 aliphatic rings. The number of aryl methyl sites for hydroxylation is 2. The monoisotopic (exact) mass is 257 g/mol. The molecule has 1 atom stereocenters. The molecule has 1 N–H and O–H groups in total. The summed E-state index contributed by atoms with van der Waals surface area (Å²) in [7, 11) is 2.03. The van der Waals surface area contributed by atoms with E-state index in [1.54, 1.807) is 0 Å². The summed E-state index contributed by atoms with van der Waals surface area (Å²) in [6.07, 6.45) is 6.16. The molecule has 0 bridgehead atoms. The predicted molar refractivity (Wildman–Crippen MR) is 79.2 cm³/mol. The van der Waals surface area contributed by atoms with Crippen LogP contribution in [0.1, 0.15) is 36.6 Å². The van der Waals surface area contributed by atoms with E-state index in [9.17, 15) is 0 Å². The summed E-state index contributed by atoms with van der Waals surface area (Å²) in [5, 5.41) is 7.78. The highest BCUT2D eigenvalue weighted by Crippen LogP contribution is 2.22. The molecule has 0 saturated carbocycles. The molecule has 1 unspecified atom stereocenters. The van der Waals surface area contributed by atoms with Crippen molar-refractivity contribution in [1.82, 2.24) is 15.1 Å². The maximum atomic E-state index is 4.35. The summed E-state index contributed by atoms with van der Waals surface area (Å²) in [5.41, 5.74) is 4.11. The van der Waals surface area contributed by atoms with Crippen LogP contribution in [-0.2, 0) is 19.4 Å². The molecule has 0 saturated heterocycles. The summed E-state index contributed by atoms with van der Waals surface area (Å²) in [4.78, 5) is 0. The van der Waals surface area contributed by atoms with Gasteiger partial charge in [0.2, 0.25) is 0 Å². The van der Waals surface area contributed by atoms with Gasteiger partial charge in [-0.05, 0) is 43.5 Å². The second-order valence-corrected chi connectivity index (χ2v) is 4.80. The molecule has 0 radical (unpaired) electrons. The van der Waals surface area contributed by atoms with Gasteiger partial charge >= 0.3 is 0 Å². The third-order valence-electron chi connectivity index (χ3n) is 3.61. The van der Waals surface area contributed by atoms with Gasteiger partial charge in [0.1, 0.15) is 0 Å². The number of nitrogens with one attached hydrogen (secondary N) is 1. The normalized spacial score (nSPS) is 12.6. The van der Waals surface area contributed by atoms with Crippen molar-refractivity contribution in [2.75, 3.05) is 7.05 Å². The van der Waals surface area contributed by atoms with Gasteiger partial charge in [-0.2, -0.15) is 5.10 Å². The highest BCUT2D eigenvalue weighted by Gasteiger charge is 2.14. The smallest absolute Gasteiger partial charge is 0.0522 e. The fraction of sp³-hybridized carbons (Fsp3) is 0.438. The van der Waals surface area contributed by atoms with Crippen LogP contribution in [-0.4, -0.2) is 16.8 Å². The lowest BCUT2D eigenvalue weighted by atomic mass is 9.95. The maximum Gasteiger partial charge on any atom is 0.0522 e. The Morgan fingerprint density at radius 3 is 2.68 bits per heavy atom. The van der Waals surface area contributed by atoms with E-state index in [0.29, 0.717) is 6.04 Å². The van der Waals surface area contributed by atoms with Gasteiger partial charge in [-0.1, -0.05) is 31.2 Å². The standard InChI is InChI=1S/C16H23N3/c1-4-14-8-6-7-9-15(14)16(17-3)10-13-11-18-19(5-2)12-13/h6-9,11-12,16-17H,4-5,10H2,1-3H3. The van der Waals surface area contributed by atoms with Crippen LogP contribution in [0.3, 0.4) is 0 Å². The Hall–Kier alpha value is -1.61. The molecule has 0 aliphatic heterocycles. The molecule has 2 rings (SSSR count). The lowest BCUT2D eigenvalue weighted by molar-refractivity contribution is 0.585. The van der Waals surface area contributed by atoms with E-state index >= 15 is 0 Å². The van der Waals surface area contributed by atoms with E-state index < -0.39 is 0 Å². The first-order valence-electron chi connectivity index (χ1n) is 7.04. The van der Waals surface area contributed by atoms with Crippen LogP contribution < -0.4 is 5.32 Å². The number of likely N-dealkylation sites (N-methyl/N-ethyl adjacent to an activating group) is 1. The summed E-state index contributed by atoms with van der Waals surface area (Å²) >= 11 is 0. The zero-order valence-electron chi connectivity index (χ0n) is 12.1. The van der Waals surface area contributed by atoms with Crippen LogP contribution in [0.15, 0.2) is 36.7 Å². The van der Waals surface area contributed by atoms with Crippen LogP contribution in [0, 0.1) is 0 Å². The lowest BCUT2D eigenvalue weighted by Gasteiger charge is -2.19. The molecule has 1 aromatic carbocycles. The lowest BCUT2D eigenvalue weighted by Crippen LogP contribution is -2.20. The van der Waals surface area contributed by atoms with Gasteiger partial charge in [-0.25, -0.2) is 0 Å². The molecular weight excluding hydrogens is 234 g/mol. The fourth-order valence-electron chi connectivity index (χ4n) is 2.48. The van der Waals surface area contributed by atoms with Gasteiger partial charge in [0.25, 0.3) is 0 Å². The Labute approximate surface area is 115 Å². The van der Waals surface area contributed by atoms with E-state index in [1.165, 1.54) is 16.7 Å². The van der Waals surface area contributed by atoms with E-state index in [-0.39, 0.29) is 0 Å². The molecule has 3 heteroatoms. The van der Waals surface area contributed by atoms with Crippen molar-refractivity contribution in [2.24, 2.45) is 0 Å². The second kappa shape index (κ2) is 6.53. The van der Waals surface area contributed by atoms with Crippen molar-refractivity contribution in [3.8, 4) is 0 Å². The Bertz CT molecular complexity index is 516. The van der Waals surface area contributed by atoms with Crippen LogP contribution in [0.4, 0.5) is 0 Å². The molecule has 1 aromatic heterocycles. The van der Waals surface area contributed by atoms with E-state index in [1.807, 2.05) is 17.9 Å². The van der Waals surface area contributed by atoms with Crippen molar-refractivity contribution in [3.63, 3.8) is 0 Å². The second-order valence-electron chi connectivity index (χ2n) is 4.80. The third kappa shape index (κ3) is 3.24. The predicted octanol–water partition coefficient (Wildman–Crippen LogP) is 2.97. The first-order chi connectivity index (χ1) is 9.28. The van der Waals surface area contributed by atoms with Crippen LogP contribution in [0.5, 0.6) is 0 Å². The van der Waals surface area contributed by atoms with Gasteiger partial charge < -0.3 is 5.32 Å². The van der Waals surface area contributed by atoms with Crippen LogP contribution in [0.2, 0.25) is 0 Å². The minimum Gasteiger partial charge on any atom is -0.313 e. The van der Waals surface area contributed by atoms with Gasteiger partial charge in [0.15, 0.2) is 0 Å². The molecule has 1 heterocycles. The number of benzene rings is 1.